The molecule has 3 rings (SSSR count). The van der Waals surface area contributed by atoms with Crippen molar-refractivity contribution in [1.29, 1.82) is 0 Å². The molecule has 2 N–H and O–H groups in total. The Bertz CT molecular complexity index is 575. The lowest BCUT2D eigenvalue weighted by Gasteiger charge is -2.34. The summed E-state index contributed by atoms with van der Waals surface area (Å²) in [5.41, 5.74) is 6.53. The van der Waals surface area contributed by atoms with Gasteiger partial charge < -0.3 is 15.5 Å². The highest BCUT2D eigenvalue weighted by Crippen LogP contribution is 2.28. The summed E-state index contributed by atoms with van der Waals surface area (Å²) in [6.07, 6.45) is 2.17. The van der Waals surface area contributed by atoms with E-state index in [1.807, 2.05) is 4.90 Å². The highest BCUT2D eigenvalue weighted by Gasteiger charge is 2.37. The van der Waals surface area contributed by atoms with Crippen LogP contribution in [0.15, 0.2) is 18.2 Å². The number of carbonyl (C=O) groups excluding carboxylic acids is 2. The molecule has 1 aliphatic carbocycles. The second kappa shape index (κ2) is 6.12. The average Bonchev–Trinajstić information content (AvgIpc) is 3.22. The first-order valence-electron chi connectivity index (χ1n) is 6.70. The molecule has 5 nitrogen and oxygen atoms in total. The van der Waals surface area contributed by atoms with Gasteiger partial charge in [0.15, 0.2) is 0 Å². The van der Waals surface area contributed by atoms with Crippen LogP contribution in [-0.2, 0) is 4.79 Å². The predicted octanol–water partition coefficient (Wildman–Crippen LogP) is 1.79. The van der Waals surface area contributed by atoms with Crippen LogP contribution in [0.2, 0.25) is 5.02 Å². The molecule has 1 saturated heterocycles. The van der Waals surface area contributed by atoms with Crippen LogP contribution in [0.4, 0.5) is 5.69 Å². The van der Waals surface area contributed by atoms with Crippen LogP contribution in [0.1, 0.15) is 23.2 Å². The number of nitrogens with two attached hydrogens (primary N) is 1. The molecule has 0 atom stereocenters. The number of piperazine rings is 1. The fraction of sp³-hybridized carbons (Fsp3) is 0.429. The molecule has 1 saturated carbocycles. The third-order valence-corrected chi connectivity index (χ3v) is 4.07. The number of nitrogen functional groups attached to an aromatic ring is 1. The van der Waals surface area contributed by atoms with Crippen LogP contribution in [-0.4, -0.2) is 47.3 Å². The van der Waals surface area contributed by atoms with Gasteiger partial charge in [0.05, 0.1) is 10.6 Å². The molecule has 1 aromatic rings. The van der Waals surface area contributed by atoms with Gasteiger partial charge in [-0.25, -0.2) is 0 Å². The number of hydrogen-bond donors (Lipinski definition) is 1. The summed E-state index contributed by atoms with van der Waals surface area (Å²) in [4.78, 5) is 27.9. The summed E-state index contributed by atoms with van der Waals surface area (Å²) in [5.74, 6) is -0.183. The number of anilines is 1. The zero-order chi connectivity index (χ0) is 14.3. The number of carbonyl (C=O) groups is 2. The molecule has 0 bridgehead atoms. The van der Waals surface area contributed by atoms with E-state index in [-0.39, 0.29) is 30.8 Å². The number of hydrogen-bond acceptors (Lipinski definition) is 3. The van der Waals surface area contributed by atoms with E-state index in [9.17, 15) is 9.59 Å². The highest BCUT2D eigenvalue weighted by molar-refractivity contribution is 6.34. The Labute approximate surface area is 134 Å². The standard InChI is InChI=1S/C14H16ClN3O2.ClH/c15-12-7-9(16)1-4-11(12)14(20)17-5-6-18(10-2-3-10)13(19)8-17;/h1,4,7,10H,2-3,5-6,8,16H2;1H. The number of nitrogens with zero attached hydrogens (tertiary/aromatic N) is 2. The van der Waals surface area contributed by atoms with E-state index in [0.29, 0.717) is 35.4 Å². The summed E-state index contributed by atoms with van der Waals surface area (Å²) in [7, 11) is 0. The molecule has 0 radical (unpaired) electrons. The van der Waals surface area contributed by atoms with Gasteiger partial charge in [0.25, 0.3) is 5.91 Å². The molecule has 7 heteroatoms. The summed E-state index contributed by atoms with van der Waals surface area (Å²) in [6.45, 7) is 1.31. The minimum absolute atomic E-state index is 0. The molecule has 1 heterocycles. The van der Waals surface area contributed by atoms with Crippen LogP contribution in [0.5, 0.6) is 0 Å². The molecule has 114 valence electrons. The van der Waals surface area contributed by atoms with E-state index in [1.165, 1.54) is 0 Å². The minimum Gasteiger partial charge on any atom is -0.399 e. The van der Waals surface area contributed by atoms with Crippen molar-refractivity contribution in [3.63, 3.8) is 0 Å². The second-order valence-electron chi connectivity index (χ2n) is 5.28. The maximum absolute atomic E-state index is 12.4. The smallest absolute Gasteiger partial charge is 0.255 e. The van der Waals surface area contributed by atoms with Crippen molar-refractivity contribution >= 4 is 41.5 Å². The molecular weight excluding hydrogens is 313 g/mol. The fourth-order valence-corrected chi connectivity index (χ4v) is 2.78. The lowest BCUT2D eigenvalue weighted by Crippen LogP contribution is -2.52. The largest absolute Gasteiger partial charge is 0.399 e. The quantitative estimate of drug-likeness (QED) is 0.841. The Kier molecular flexibility index (Phi) is 4.64. The van der Waals surface area contributed by atoms with Crippen molar-refractivity contribution < 1.29 is 9.59 Å². The van der Waals surface area contributed by atoms with Gasteiger partial charge in [-0.2, -0.15) is 0 Å². The lowest BCUT2D eigenvalue weighted by atomic mass is 10.1. The fourth-order valence-electron chi connectivity index (χ4n) is 2.51. The Morgan fingerprint density at radius 1 is 1.29 bits per heavy atom. The average molecular weight is 330 g/mol. The molecule has 0 spiro atoms. The molecule has 2 amide bonds. The van der Waals surface area contributed by atoms with Gasteiger partial charge in [0.1, 0.15) is 6.54 Å². The maximum Gasteiger partial charge on any atom is 0.255 e. The van der Waals surface area contributed by atoms with E-state index in [0.717, 1.165) is 12.8 Å². The predicted molar refractivity (Wildman–Crippen MR) is 83.8 cm³/mol. The van der Waals surface area contributed by atoms with Gasteiger partial charge in [0.2, 0.25) is 5.91 Å². The minimum atomic E-state index is -0.209. The molecular formula is C14H17Cl2N3O2. The Morgan fingerprint density at radius 2 is 2.00 bits per heavy atom. The Balaban J connectivity index is 0.00000161. The molecule has 2 aliphatic rings. The van der Waals surface area contributed by atoms with Gasteiger partial charge in [0, 0.05) is 24.8 Å². The first kappa shape index (κ1) is 15.9. The molecule has 1 aromatic carbocycles. The van der Waals surface area contributed by atoms with Crippen LogP contribution in [0, 0.1) is 0 Å². The Hall–Kier alpha value is -1.46. The van der Waals surface area contributed by atoms with E-state index >= 15 is 0 Å². The number of benzene rings is 1. The normalized spacial score (nSPS) is 18.4. The molecule has 0 aromatic heterocycles. The number of halogens is 2. The first-order chi connectivity index (χ1) is 9.56. The van der Waals surface area contributed by atoms with Crippen molar-refractivity contribution in [2.45, 2.75) is 18.9 Å². The van der Waals surface area contributed by atoms with Crippen LogP contribution >= 0.6 is 24.0 Å². The van der Waals surface area contributed by atoms with E-state index < -0.39 is 0 Å². The van der Waals surface area contributed by atoms with Crippen molar-refractivity contribution in [3.8, 4) is 0 Å². The van der Waals surface area contributed by atoms with Gasteiger partial charge in [-0.15, -0.1) is 12.4 Å². The summed E-state index contributed by atoms with van der Waals surface area (Å²) < 4.78 is 0. The number of amides is 2. The maximum atomic E-state index is 12.4. The monoisotopic (exact) mass is 329 g/mol. The van der Waals surface area contributed by atoms with Gasteiger partial charge >= 0.3 is 0 Å². The third-order valence-electron chi connectivity index (χ3n) is 3.76. The SMILES string of the molecule is Cl.Nc1ccc(C(=O)N2CCN(C3CC3)C(=O)C2)c(Cl)c1. The molecule has 0 unspecified atom stereocenters. The Morgan fingerprint density at radius 3 is 2.57 bits per heavy atom. The summed E-state index contributed by atoms with van der Waals surface area (Å²) in [5, 5.41) is 0.326. The zero-order valence-electron chi connectivity index (χ0n) is 11.4. The summed E-state index contributed by atoms with van der Waals surface area (Å²) >= 11 is 6.05. The molecule has 21 heavy (non-hydrogen) atoms. The highest BCUT2D eigenvalue weighted by atomic mass is 35.5. The van der Waals surface area contributed by atoms with Crippen molar-refractivity contribution in [2.24, 2.45) is 0 Å². The van der Waals surface area contributed by atoms with Crippen molar-refractivity contribution in [3.05, 3.63) is 28.8 Å². The molecule has 2 fully saturated rings. The van der Waals surface area contributed by atoms with Gasteiger partial charge in [-0.05, 0) is 31.0 Å². The van der Waals surface area contributed by atoms with Crippen LogP contribution in [0.3, 0.4) is 0 Å². The van der Waals surface area contributed by atoms with Crippen LogP contribution in [0.25, 0.3) is 0 Å². The van der Waals surface area contributed by atoms with Gasteiger partial charge in [-0.1, -0.05) is 11.6 Å². The van der Waals surface area contributed by atoms with Crippen molar-refractivity contribution in [2.75, 3.05) is 25.4 Å². The first-order valence-corrected chi connectivity index (χ1v) is 7.08. The van der Waals surface area contributed by atoms with Gasteiger partial charge in [-0.3, -0.25) is 9.59 Å². The topological polar surface area (TPSA) is 66.6 Å². The molecule has 1 aliphatic heterocycles. The summed E-state index contributed by atoms with van der Waals surface area (Å²) in [6, 6.07) is 5.20. The third kappa shape index (κ3) is 3.24. The van der Waals surface area contributed by atoms with E-state index in [4.69, 9.17) is 17.3 Å². The van der Waals surface area contributed by atoms with E-state index in [2.05, 4.69) is 0 Å². The second-order valence-corrected chi connectivity index (χ2v) is 5.69. The number of rotatable bonds is 2. The lowest BCUT2D eigenvalue weighted by molar-refractivity contribution is -0.135. The van der Waals surface area contributed by atoms with Crippen molar-refractivity contribution in [1.82, 2.24) is 9.80 Å². The zero-order valence-corrected chi connectivity index (χ0v) is 13.0. The van der Waals surface area contributed by atoms with E-state index in [1.54, 1.807) is 23.1 Å². The van der Waals surface area contributed by atoms with Crippen LogP contribution < -0.4 is 5.73 Å².